The first kappa shape index (κ1) is 18.3. The second kappa shape index (κ2) is 8.18. The molecule has 0 fully saturated rings. The van der Waals surface area contributed by atoms with E-state index in [4.69, 9.17) is 32.7 Å². The summed E-state index contributed by atoms with van der Waals surface area (Å²) < 4.78 is 10.1. The van der Waals surface area contributed by atoms with Crippen LogP contribution in [0.4, 0.5) is 0 Å². The molecule has 2 aromatic rings. The summed E-state index contributed by atoms with van der Waals surface area (Å²) in [5.74, 6) is 0.408. The second-order valence-electron chi connectivity index (χ2n) is 4.99. The van der Waals surface area contributed by atoms with Gasteiger partial charge in [0.05, 0.1) is 14.2 Å². The number of alkyl halides is 2. The highest BCUT2D eigenvalue weighted by Crippen LogP contribution is 2.22. The molecular weight excluding hydrogens is 351 g/mol. The maximum Gasteiger partial charge on any atom is 0.182 e. The van der Waals surface area contributed by atoms with Gasteiger partial charge in [-0.25, -0.2) is 0 Å². The van der Waals surface area contributed by atoms with Crippen molar-refractivity contribution in [2.45, 2.75) is 10.8 Å². The highest BCUT2D eigenvalue weighted by molar-refractivity contribution is 6.46. The van der Waals surface area contributed by atoms with E-state index in [-0.39, 0.29) is 0 Å². The Morgan fingerprint density at radius 3 is 1.25 bits per heavy atom. The molecule has 126 valence electrons. The number of hydrogen-bond acceptors (Lipinski definition) is 4. The second-order valence-corrected chi connectivity index (χ2v) is 5.93. The average molecular weight is 367 g/mol. The van der Waals surface area contributed by atoms with Crippen molar-refractivity contribution >= 4 is 34.8 Å². The normalized spacial score (nSPS) is 13.0. The van der Waals surface area contributed by atoms with E-state index in [1.165, 1.54) is 14.2 Å². The van der Waals surface area contributed by atoms with Gasteiger partial charge in [-0.2, -0.15) is 0 Å². The lowest BCUT2D eigenvalue weighted by molar-refractivity contribution is 0.0925. The molecule has 0 N–H and O–H groups in total. The van der Waals surface area contributed by atoms with E-state index in [1.807, 2.05) is 0 Å². The Kier molecular flexibility index (Phi) is 6.23. The SMILES string of the molecule is COc1ccc(C(=O)C(Cl)C(Cl)C(=O)c2ccc(OC)cc2)cc1. The van der Waals surface area contributed by atoms with Gasteiger partial charge in [-0.05, 0) is 48.5 Å². The molecule has 0 radical (unpaired) electrons. The lowest BCUT2D eigenvalue weighted by Crippen LogP contribution is -2.32. The average Bonchev–Trinajstić information content (AvgIpc) is 2.65. The minimum absolute atomic E-state index is 0.365. The molecule has 2 rings (SSSR count). The number of rotatable bonds is 7. The fourth-order valence-corrected chi connectivity index (χ4v) is 2.58. The van der Waals surface area contributed by atoms with Gasteiger partial charge in [0, 0.05) is 11.1 Å². The molecule has 6 heteroatoms. The van der Waals surface area contributed by atoms with Gasteiger partial charge in [0.15, 0.2) is 11.6 Å². The van der Waals surface area contributed by atoms with Crippen LogP contribution in [0.25, 0.3) is 0 Å². The van der Waals surface area contributed by atoms with Crippen molar-refractivity contribution < 1.29 is 19.1 Å². The van der Waals surface area contributed by atoms with E-state index in [2.05, 4.69) is 0 Å². The number of ketones is 2. The van der Waals surface area contributed by atoms with E-state index in [0.717, 1.165) is 0 Å². The van der Waals surface area contributed by atoms with E-state index in [0.29, 0.717) is 22.6 Å². The van der Waals surface area contributed by atoms with Gasteiger partial charge in [-0.1, -0.05) is 0 Å². The third kappa shape index (κ3) is 4.08. The fraction of sp³-hybridized carbons (Fsp3) is 0.222. The first-order chi connectivity index (χ1) is 11.5. The summed E-state index contributed by atoms with van der Waals surface area (Å²) in [6, 6.07) is 12.9. The molecule has 0 aliphatic carbocycles. The lowest BCUT2D eigenvalue weighted by atomic mass is 10.0. The maximum atomic E-state index is 12.4. The molecule has 0 spiro atoms. The highest BCUT2D eigenvalue weighted by atomic mass is 35.5. The zero-order valence-corrected chi connectivity index (χ0v) is 14.7. The molecule has 0 amide bonds. The molecule has 0 saturated carbocycles. The molecule has 0 aromatic heterocycles. The molecular formula is C18H16Cl2O4. The Morgan fingerprint density at radius 2 is 1.00 bits per heavy atom. The smallest absolute Gasteiger partial charge is 0.182 e. The number of hydrogen-bond donors (Lipinski definition) is 0. The summed E-state index contributed by atoms with van der Waals surface area (Å²) in [7, 11) is 3.06. The zero-order valence-electron chi connectivity index (χ0n) is 13.2. The summed E-state index contributed by atoms with van der Waals surface area (Å²) >= 11 is 12.3. The van der Waals surface area contributed by atoms with Gasteiger partial charge >= 0.3 is 0 Å². The van der Waals surface area contributed by atoms with Gasteiger partial charge < -0.3 is 9.47 Å². The molecule has 0 aliphatic rings. The standard InChI is InChI=1S/C18H16Cl2O4/c1-23-13-7-3-11(4-8-13)17(21)15(19)16(20)18(22)12-5-9-14(24-2)10-6-12/h3-10,15-16H,1-2H3. The summed E-state index contributed by atoms with van der Waals surface area (Å²) in [5, 5.41) is -2.34. The number of carbonyl (C=O) groups is 2. The predicted molar refractivity (Wildman–Crippen MR) is 93.9 cm³/mol. The molecule has 24 heavy (non-hydrogen) atoms. The van der Waals surface area contributed by atoms with Crippen LogP contribution in [0.15, 0.2) is 48.5 Å². The summed E-state index contributed by atoms with van der Waals surface area (Å²) in [5.41, 5.74) is 0.730. The lowest BCUT2D eigenvalue weighted by Gasteiger charge is -2.15. The molecule has 2 aromatic carbocycles. The van der Waals surface area contributed by atoms with Crippen LogP contribution >= 0.6 is 23.2 Å². The Bertz CT molecular complexity index is 647. The van der Waals surface area contributed by atoms with Gasteiger partial charge in [0.1, 0.15) is 22.3 Å². The minimum atomic E-state index is -1.17. The van der Waals surface area contributed by atoms with Crippen molar-refractivity contribution in [2.75, 3.05) is 14.2 Å². The largest absolute Gasteiger partial charge is 0.497 e. The van der Waals surface area contributed by atoms with Gasteiger partial charge in [0.2, 0.25) is 0 Å². The Labute approximate surface area is 150 Å². The van der Waals surface area contributed by atoms with Crippen LogP contribution in [-0.2, 0) is 0 Å². The number of benzene rings is 2. The minimum Gasteiger partial charge on any atom is -0.497 e. The Morgan fingerprint density at radius 1 is 0.708 bits per heavy atom. The third-order valence-corrected chi connectivity index (χ3v) is 4.54. The molecule has 0 aliphatic heterocycles. The number of halogens is 2. The molecule has 4 nitrogen and oxygen atoms in total. The van der Waals surface area contributed by atoms with Crippen molar-refractivity contribution in [1.29, 1.82) is 0 Å². The Hall–Kier alpha value is -2.04. The molecule has 0 heterocycles. The molecule has 0 saturated heterocycles. The van der Waals surface area contributed by atoms with Crippen LogP contribution in [-0.4, -0.2) is 36.5 Å². The van der Waals surface area contributed by atoms with Crippen LogP contribution in [0, 0.1) is 0 Å². The van der Waals surface area contributed by atoms with Crippen LogP contribution in [0.1, 0.15) is 20.7 Å². The van der Waals surface area contributed by atoms with Crippen molar-refractivity contribution in [3.05, 3.63) is 59.7 Å². The van der Waals surface area contributed by atoms with Crippen LogP contribution < -0.4 is 9.47 Å². The van der Waals surface area contributed by atoms with Gasteiger partial charge in [-0.3, -0.25) is 9.59 Å². The van der Waals surface area contributed by atoms with Gasteiger partial charge in [-0.15, -0.1) is 23.2 Å². The third-order valence-electron chi connectivity index (χ3n) is 3.51. The van der Waals surface area contributed by atoms with E-state index in [1.54, 1.807) is 48.5 Å². The van der Waals surface area contributed by atoms with Crippen molar-refractivity contribution in [1.82, 2.24) is 0 Å². The van der Waals surface area contributed by atoms with Gasteiger partial charge in [0.25, 0.3) is 0 Å². The quantitative estimate of drug-likeness (QED) is 0.549. The van der Waals surface area contributed by atoms with Crippen LogP contribution in [0.5, 0.6) is 11.5 Å². The summed E-state index contributed by atoms with van der Waals surface area (Å²) in [4.78, 5) is 24.8. The molecule has 2 unspecified atom stereocenters. The predicted octanol–water partition coefficient (Wildman–Crippen LogP) is 3.98. The molecule has 2 atom stereocenters. The van der Waals surface area contributed by atoms with E-state index >= 15 is 0 Å². The van der Waals surface area contributed by atoms with Crippen LogP contribution in [0.2, 0.25) is 0 Å². The van der Waals surface area contributed by atoms with E-state index in [9.17, 15) is 9.59 Å². The number of carbonyl (C=O) groups excluding carboxylic acids is 2. The van der Waals surface area contributed by atoms with Crippen LogP contribution in [0.3, 0.4) is 0 Å². The van der Waals surface area contributed by atoms with Crippen molar-refractivity contribution in [2.24, 2.45) is 0 Å². The zero-order chi connectivity index (χ0) is 17.7. The monoisotopic (exact) mass is 366 g/mol. The van der Waals surface area contributed by atoms with Crippen molar-refractivity contribution in [3.63, 3.8) is 0 Å². The topological polar surface area (TPSA) is 52.6 Å². The number of Topliss-reactive ketones (excluding diaryl/α,β-unsaturated/α-hetero) is 2. The van der Waals surface area contributed by atoms with Crippen molar-refractivity contribution in [3.8, 4) is 11.5 Å². The van der Waals surface area contributed by atoms with E-state index < -0.39 is 22.3 Å². The number of ether oxygens (including phenoxy) is 2. The first-order valence-corrected chi connectivity index (χ1v) is 8.00. The summed E-state index contributed by atoms with van der Waals surface area (Å²) in [6.45, 7) is 0. The summed E-state index contributed by atoms with van der Waals surface area (Å²) in [6.07, 6.45) is 0. The Balaban J connectivity index is 2.12. The molecule has 0 bridgehead atoms. The first-order valence-electron chi connectivity index (χ1n) is 7.12. The fourth-order valence-electron chi connectivity index (χ4n) is 2.09. The highest BCUT2D eigenvalue weighted by Gasteiger charge is 2.31. The maximum absolute atomic E-state index is 12.4. The number of methoxy groups -OCH3 is 2.